The average Bonchev–Trinajstić information content (AvgIpc) is 2.96. The van der Waals surface area contributed by atoms with Gasteiger partial charge in [0, 0.05) is 31.2 Å². The van der Waals surface area contributed by atoms with E-state index in [-0.39, 0.29) is 18.5 Å². The van der Waals surface area contributed by atoms with Gasteiger partial charge in [-0.2, -0.15) is 0 Å². The highest BCUT2D eigenvalue weighted by Crippen LogP contribution is 2.12. The van der Waals surface area contributed by atoms with Gasteiger partial charge in [-0.25, -0.2) is 9.59 Å². The molecular formula is C29H46N4O11. The molecule has 0 heterocycles. The molecule has 1 aromatic rings. The van der Waals surface area contributed by atoms with Crippen LogP contribution in [0.25, 0.3) is 0 Å². The molecule has 0 aromatic heterocycles. The number of nitrogens with one attached hydrogen (secondary N) is 3. The van der Waals surface area contributed by atoms with Gasteiger partial charge < -0.3 is 41.5 Å². The monoisotopic (exact) mass is 626 g/mol. The van der Waals surface area contributed by atoms with Crippen molar-refractivity contribution in [3.8, 4) is 0 Å². The molecule has 1 amide bonds. The minimum Gasteiger partial charge on any atom is -0.480 e. The molecule has 15 heteroatoms. The summed E-state index contributed by atoms with van der Waals surface area (Å²) in [5.74, 6) is -6.33. The zero-order chi connectivity index (χ0) is 34.2. The first kappa shape index (κ1) is 41.8. The fraction of sp³-hybridized carbons (Fsp3) is 0.517. The second-order valence-corrected chi connectivity index (χ2v) is 9.29. The van der Waals surface area contributed by atoms with Gasteiger partial charge in [-0.05, 0) is 50.4 Å². The quantitative estimate of drug-likeness (QED) is 0.0436. The molecule has 1 aromatic carbocycles. The van der Waals surface area contributed by atoms with Gasteiger partial charge >= 0.3 is 29.8 Å². The van der Waals surface area contributed by atoms with Gasteiger partial charge in [0.1, 0.15) is 5.57 Å². The summed E-state index contributed by atoms with van der Waals surface area (Å²) in [6.07, 6.45) is 2.94. The standard InChI is InChI=1S/C23H36N4O7.C4H4O4.C2H6/c1-16(5-3-4-10-25-13-20(28)29)26-12-19(27(14-21(30)31)15-22(32)33)11-17-6-8-18(9-7-17)23(34)24-2;1-2(3(5)6)4(7)8;1-2/h6-9,16,19,25-26H,3-5,10-15H2,1-2H3,(H,24,34)(H,28,29)(H,30,31)(H,32,33);1H2,(H,5,6)(H,7,8);1-2H3. The Morgan fingerprint density at radius 1 is 0.841 bits per heavy atom. The first-order valence-electron chi connectivity index (χ1n) is 14.0. The Bertz CT molecular complexity index is 1050. The fourth-order valence-corrected chi connectivity index (χ4v) is 3.63. The SMILES string of the molecule is C=C(C(=O)O)C(=O)O.CC.CNC(=O)c1ccc(CC(CNC(C)CCCCNCC(=O)O)N(CC(=O)O)CC(=O)O)cc1. The topological polar surface area (TPSA) is 243 Å². The molecule has 0 aliphatic rings. The zero-order valence-corrected chi connectivity index (χ0v) is 25.7. The number of carboxylic acids is 5. The van der Waals surface area contributed by atoms with Crippen LogP contribution in [0.4, 0.5) is 0 Å². The van der Waals surface area contributed by atoms with Crippen LogP contribution in [0.15, 0.2) is 36.4 Å². The Balaban J connectivity index is 0. The van der Waals surface area contributed by atoms with E-state index in [0.29, 0.717) is 25.1 Å². The number of carboxylic acid groups (broad SMARTS) is 5. The Labute approximate surface area is 256 Å². The molecule has 0 aliphatic carbocycles. The van der Waals surface area contributed by atoms with E-state index < -0.39 is 54.6 Å². The highest BCUT2D eigenvalue weighted by atomic mass is 16.4. The molecule has 15 nitrogen and oxygen atoms in total. The smallest absolute Gasteiger partial charge is 0.342 e. The molecule has 44 heavy (non-hydrogen) atoms. The molecule has 2 atom stereocenters. The number of benzene rings is 1. The number of carbonyl (C=O) groups is 6. The summed E-state index contributed by atoms with van der Waals surface area (Å²) in [5.41, 5.74) is 0.544. The molecule has 0 radical (unpaired) electrons. The van der Waals surface area contributed by atoms with Crippen LogP contribution in [-0.4, -0.2) is 118 Å². The molecule has 248 valence electrons. The molecule has 0 spiro atoms. The minimum atomic E-state index is -1.50. The molecule has 0 fully saturated rings. The molecule has 8 N–H and O–H groups in total. The van der Waals surface area contributed by atoms with Crippen LogP contribution in [0.1, 0.15) is 56.0 Å². The highest BCUT2D eigenvalue weighted by Gasteiger charge is 2.24. The second-order valence-electron chi connectivity index (χ2n) is 9.29. The largest absolute Gasteiger partial charge is 0.480 e. The van der Waals surface area contributed by atoms with Gasteiger partial charge in [0.05, 0.1) is 19.6 Å². The fourth-order valence-electron chi connectivity index (χ4n) is 3.63. The second kappa shape index (κ2) is 24.1. The van der Waals surface area contributed by atoms with Crippen molar-refractivity contribution in [2.24, 2.45) is 0 Å². The van der Waals surface area contributed by atoms with Gasteiger partial charge in [-0.15, -0.1) is 0 Å². The summed E-state index contributed by atoms with van der Waals surface area (Å²) >= 11 is 0. The summed E-state index contributed by atoms with van der Waals surface area (Å²) in [6, 6.07) is 6.64. The Morgan fingerprint density at radius 2 is 1.36 bits per heavy atom. The zero-order valence-electron chi connectivity index (χ0n) is 25.7. The van der Waals surface area contributed by atoms with Gasteiger partial charge in [0.15, 0.2) is 0 Å². The first-order valence-corrected chi connectivity index (χ1v) is 14.0. The Kier molecular flexibility index (Phi) is 22.9. The average molecular weight is 627 g/mol. The van der Waals surface area contributed by atoms with Gasteiger partial charge in [0.25, 0.3) is 5.91 Å². The van der Waals surface area contributed by atoms with Crippen LogP contribution >= 0.6 is 0 Å². The molecule has 0 aliphatic heterocycles. The molecule has 1 rings (SSSR count). The summed E-state index contributed by atoms with van der Waals surface area (Å²) in [6.45, 7) is 8.87. The lowest BCUT2D eigenvalue weighted by atomic mass is 10.0. The van der Waals surface area contributed by atoms with Gasteiger partial charge in [-0.3, -0.25) is 24.1 Å². The van der Waals surface area contributed by atoms with Gasteiger partial charge in [0.2, 0.25) is 0 Å². The highest BCUT2D eigenvalue weighted by molar-refractivity contribution is 6.11. The number of hydrogen-bond acceptors (Lipinski definition) is 9. The lowest BCUT2D eigenvalue weighted by Gasteiger charge is -2.31. The van der Waals surface area contributed by atoms with Crippen LogP contribution in [0, 0.1) is 0 Å². The predicted octanol–water partition coefficient (Wildman–Crippen LogP) is 0.989. The lowest BCUT2D eigenvalue weighted by Crippen LogP contribution is -2.49. The van der Waals surface area contributed by atoms with E-state index in [1.807, 2.05) is 20.8 Å². The van der Waals surface area contributed by atoms with Crippen molar-refractivity contribution in [3.05, 3.63) is 47.5 Å². The van der Waals surface area contributed by atoms with Crippen molar-refractivity contribution >= 4 is 35.8 Å². The van der Waals surface area contributed by atoms with Crippen LogP contribution in [0.2, 0.25) is 0 Å². The van der Waals surface area contributed by atoms with E-state index in [1.165, 1.54) is 4.90 Å². The number of nitrogens with zero attached hydrogens (tertiary/aromatic N) is 1. The summed E-state index contributed by atoms with van der Waals surface area (Å²) in [7, 11) is 1.54. The maximum Gasteiger partial charge on any atom is 0.342 e. The van der Waals surface area contributed by atoms with Crippen molar-refractivity contribution in [1.82, 2.24) is 20.9 Å². The minimum absolute atomic E-state index is 0.0669. The third kappa shape index (κ3) is 20.5. The van der Waals surface area contributed by atoms with Crippen LogP contribution < -0.4 is 16.0 Å². The molecular weight excluding hydrogens is 580 g/mol. The molecule has 0 bridgehead atoms. The normalized spacial score (nSPS) is 11.5. The van der Waals surface area contributed by atoms with E-state index in [4.69, 9.17) is 15.3 Å². The van der Waals surface area contributed by atoms with Crippen LogP contribution in [0.3, 0.4) is 0 Å². The van der Waals surface area contributed by atoms with E-state index in [0.717, 1.165) is 24.8 Å². The number of aliphatic carboxylic acids is 5. The lowest BCUT2D eigenvalue weighted by molar-refractivity contribution is -0.143. The summed E-state index contributed by atoms with van der Waals surface area (Å²) < 4.78 is 0. The van der Waals surface area contributed by atoms with Crippen molar-refractivity contribution in [1.29, 1.82) is 0 Å². The van der Waals surface area contributed by atoms with Crippen molar-refractivity contribution in [2.45, 2.75) is 58.5 Å². The Morgan fingerprint density at radius 3 is 1.77 bits per heavy atom. The number of unbranched alkanes of at least 4 members (excludes halogenated alkanes) is 1. The van der Waals surface area contributed by atoms with Crippen molar-refractivity contribution < 1.29 is 54.3 Å². The van der Waals surface area contributed by atoms with Crippen molar-refractivity contribution in [2.75, 3.05) is 39.8 Å². The number of hydrogen-bond donors (Lipinski definition) is 8. The predicted molar refractivity (Wildman–Crippen MR) is 162 cm³/mol. The number of rotatable bonds is 20. The van der Waals surface area contributed by atoms with Crippen LogP contribution in [-0.2, 0) is 30.4 Å². The first-order chi connectivity index (χ1) is 20.7. The van der Waals surface area contributed by atoms with E-state index in [1.54, 1.807) is 31.3 Å². The maximum absolute atomic E-state index is 11.8. The van der Waals surface area contributed by atoms with E-state index in [2.05, 4.69) is 22.5 Å². The molecule has 0 saturated heterocycles. The third-order valence-corrected chi connectivity index (χ3v) is 5.84. The van der Waals surface area contributed by atoms with E-state index >= 15 is 0 Å². The van der Waals surface area contributed by atoms with Crippen LogP contribution in [0.5, 0.6) is 0 Å². The molecule has 2 unspecified atom stereocenters. The number of amides is 1. The van der Waals surface area contributed by atoms with Crippen molar-refractivity contribution in [3.63, 3.8) is 0 Å². The Hall–Kier alpha value is -4.34. The number of carbonyl (C=O) groups excluding carboxylic acids is 1. The molecule has 0 saturated carbocycles. The van der Waals surface area contributed by atoms with E-state index in [9.17, 15) is 39.0 Å². The summed E-state index contributed by atoms with van der Waals surface area (Å²) in [5, 5.41) is 51.7. The third-order valence-electron chi connectivity index (χ3n) is 5.84. The summed E-state index contributed by atoms with van der Waals surface area (Å²) in [4.78, 5) is 65.7. The van der Waals surface area contributed by atoms with Gasteiger partial charge in [-0.1, -0.05) is 39.0 Å². The maximum atomic E-state index is 11.8.